The summed E-state index contributed by atoms with van der Waals surface area (Å²) in [6.07, 6.45) is 3.29. The standard InChI is InChI=1S/C11H9ClFN3O/c12-9-3-8(1-2-10(9)13)11(17)14-4-7-5-15-16-6-7/h1-3,5-6H,4H2,(H,14,17)(H,15,16). The average molecular weight is 254 g/mol. The van der Waals surface area contributed by atoms with Gasteiger partial charge in [0.05, 0.1) is 11.2 Å². The summed E-state index contributed by atoms with van der Waals surface area (Å²) in [7, 11) is 0. The molecule has 0 radical (unpaired) electrons. The van der Waals surface area contributed by atoms with E-state index >= 15 is 0 Å². The molecule has 17 heavy (non-hydrogen) atoms. The first kappa shape index (κ1) is 11.6. The van der Waals surface area contributed by atoms with Crippen molar-refractivity contribution in [1.82, 2.24) is 15.5 Å². The second-order valence-electron chi connectivity index (χ2n) is 3.42. The molecule has 0 aliphatic rings. The van der Waals surface area contributed by atoms with E-state index in [-0.39, 0.29) is 10.9 Å². The topological polar surface area (TPSA) is 57.8 Å². The Balaban J connectivity index is 2.02. The molecular weight excluding hydrogens is 245 g/mol. The number of carbonyl (C=O) groups is 1. The van der Waals surface area contributed by atoms with Gasteiger partial charge in [-0.15, -0.1) is 0 Å². The molecule has 0 spiro atoms. The molecule has 1 aromatic carbocycles. The minimum Gasteiger partial charge on any atom is -0.348 e. The largest absolute Gasteiger partial charge is 0.348 e. The number of aromatic amines is 1. The summed E-state index contributed by atoms with van der Waals surface area (Å²) >= 11 is 5.59. The van der Waals surface area contributed by atoms with Gasteiger partial charge in [-0.3, -0.25) is 9.89 Å². The Morgan fingerprint density at radius 3 is 3.00 bits per heavy atom. The minimum atomic E-state index is -0.543. The summed E-state index contributed by atoms with van der Waals surface area (Å²) < 4.78 is 12.9. The Bertz CT molecular complexity index is 528. The predicted molar refractivity (Wildman–Crippen MR) is 61.2 cm³/mol. The Labute approximate surface area is 102 Å². The molecule has 1 amide bonds. The highest BCUT2D eigenvalue weighted by Crippen LogP contribution is 2.15. The van der Waals surface area contributed by atoms with Crippen molar-refractivity contribution in [2.75, 3.05) is 0 Å². The van der Waals surface area contributed by atoms with Gasteiger partial charge in [0.2, 0.25) is 0 Å². The smallest absolute Gasteiger partial charge is 0.251 e. The lowest BCUT2D eigenvalue weighted by molar-refractivity contribution is 0.0951. The van der Waals surface area contributed by atoms with Gasteiger partial charge in [0.15, 0.2) is 0 Å². The SMILES string of the molecule is O=C(NCc1cn[nH]c1)c1ccc(F)c(Cl)c1. The number of hydrogen-bond donors (Lipinski definition) is 2. The number of halogens is 2. The number of nitrogens with zero attached hydrogens (tertiary/aromatic N) is 1. The number of nitrogens with one attached hydrogen (secondary N) is 2. The van der Waals surface area contributed by atoms with Crippen LogP contribution < -0.4 is 5.32 Å². The Hall–Kier alpha value is -1.88. The minimum absolute atomic E-state index is 0.0686. The summed E-state index contributed by atoms with van der Waals surface area (Å²) in [4.78, 5) is 11.7. The van der Waals surface area contributed by atoms with E-state index in [0.717, 1.165) is 11.6 Å². The van der Waals surface area contributed by atoms with E-state index in [1.165, 1.54) is 12.1 Å². The lowest BCUT2D eigenvalue weighted by atomic mass is 10.2. The second-order valence-corrected chi connectivity index (χ2v) is 3.83. The fraction of sp³-hybridized carbons (Fsp3) is 0.0909. The molecule has 0 aliphatic heterocycles. The van der Waals surface area contributed by atoms with Gasteiger partial charge in [-0.1, -0.05) is 11.6 Å². The molecule has 0 fully saturated rings. The number of benzene rings is 1. The number of aromatic nitrogens is 2. The molecule has 4 nitrogen and oxygen atoms in total. The van der Waals surface area contributed by atoms with Crippen molar-refractivity contribution >= 4 is 17.5 Å². The maximum absolute atomic E-state index is 12.9. The highest BCUT2D eigenvalue weighted by atomic mass is 35.5. The van der Waals surface area contributed by atoms with Gasteiger partial charge in [-0.25, -0.2) is 4.39 Å². The fourth-order valence-corrected chi connectivity index (χ4v) is 1.48. The van der Waals surface area contributed by atoms with Crippen LogP contribution in [0.3, 0.4) is 0 Å². The quantitative estimate of drug-likeness (QED) is 0.880. The monoisotopic (exact) mass is 253 g/mol. The fourth-order valence-electron chi connectivity index (χ4n) is 1.30. The first-order valence-corrected chi connectivity index (χ1v) is 5.25. The number of rotatable bonds is 3. The van der Waals surface area contributed by atoms with Crippen molar-refractivity contribution in [1.29, 1.82) is 0 Å². The molecule has 2 rings (SSSR count). The van der Waals surface area contributed by atoms with Crippen LogP contribution >= 0.6 is 11.6 Å². The normalized spacial score (nSPS) is 10.2. The van der Waals surface area contributed by atoms with Gasteiger partial charge in [-0.05, 0) is 18.2 Å². The first-order chi connectivity index (χ1) is 8.16. The zero-order chi connectivity index (χ0) is 12.3. The van der Waals surface area contributed by atoms with Crippen LogP contribution in [0, 0.1) is 5.82 Å². The predicted octanol–water partition coefficient (Wildman–Crippen LogP) is 2.13. The molecule has 2 aromatic rings. The van der Waals surface area contributed by atoms with Crippen LogP contribution in [0.1, 0.15) is 15.9 Å². The molecule has 1 heterocycles. The molecule has 0 saturated heterocycles. The molecule has 88 valence electrons. The van der Waals surface area contributed by atoms with Gasteiger partial charge in [-0.2, -0.15) is 5.10 Å². The first-order valence-electron chi connectivity index (χ1n) is 4.88. The van der Waals surface area contributed by atoms with Crippen LogP contribution in [0.5, 0.6) is 0 Å². The van der Waals surface area contributed by atoms with Crippen molar-refractivity contribution in [2.45, 2.75) is 6.54 Å². The molecular formula is C11H9ClFN3O. The highest BCUT2D eigenvalue weighted by Gasteiger charge is 2.08. The van der Waals surface area contributed by atoms with Crippen LogP contribution in [0.4, 0.5) is 4.39 Å². The van der Waals surface area contributed by atoms with Gasteiger partial charge >= 0.3 is 0 Å². The molecule has 6 heteroatoms. The third kappa shape index (κ3) is 2.82. The third-order valence-corrected chi connectivity index (χ3v) is 2.48. The van der Waals surface area contributed by atoms with Gasteiger partial charge in [0.25, 0.3) is 5.91 Å². The average Bonchev–Trinajstić information content (AvgIpc) is 2.82. The Morgan fingerprint density at radius 1 is 1.53 bits per heavy atom. The van der Waals surface area contributed by atoms with Crippen LogP contribution in [-0.4, -0.2) is 16.1 Å². The van der Waals surface area contributed by atoms with E-state index < -0.39 is 5.82 Å². The molecule has 0 saturated carbocycles. The summed E-state index contributed by atoms with van der Waals surface area (Å²) in [5.41, 5.74) is 1.17. The second kappa shape index (κ2) is 4.97. The lowest BCUT2D eigenvalue weighted by Crippen LogP contribution is -2.22. The molecule has 2 N–H and O–H groups in total. The van der Waals surface area contributed by atoms with Crippen molar-refractivity contribution in [3.05, 3.63) is 52.6 Å². The molecule has 1 aromatic heterocycles. The van der Waals surface area contributed by atoms with E-state index in [1.54, 1.807) is 12.4 Å². The number of carbonyl (C=O) groups excluding carboxylic acids is 1. The van der Waals surface area contributed by atoms with Crippen LogP contribution in [0.2, 0.25) is 5.02 Å². The van der Waals surface area contributed by atoms with E-state index in [2.05, 4.69) is 15.5 Å². The van der Waals surface area contributed by atoms with Gasteiger partial charge in [0.1, 0.15) is 5.82 Å². The summed E-state index contributed by atoms with van der Waals surface area (Å²) in [6, 6.07) is 3.84. The Morgan fingerprint density at radius 2 is 2.35 bits per heavy atom. The highest BCUT2D eigenvalue weighted by molar-refractivity contribution is 6.31. The van der Waals surface area contributed by atoms with Crippen LogP contribution in [-0.2, 0) is 6.54 Å². The summed E-state index contributed by atoms with van der Waals surface area (Å²) in [5.74, 6) is -0.855. The molecule has 0 aliphatic carbocycles. The Kier molecular flexibility index (Phi) is 3.39. The van der Waals surface area contributed by atoms with E-state index in [4.69, 9.17) is 11.6 Å². The van der Waals surface area contributed by atoms with Crippen LogP contribution in [0.15, 0.2) is 30.6 Å². The number of H-pyrrole nitrogens is 1. The number of amides is 1. The van der Waals surface area contributed by atoms with Crippen molar-refractivity contribution in [2.24, 2.45) is 0 Å². The van der Waals surface area contributed by atoms with Gasteiger partial charge < -0.3 is 5.32 Å². The van der Waals surface area contributed by atoms with Crippen molar-refractivity contribution in [3.8, 4) is 0 Å². The zero-order valence-electron chi connectivity index (χ0n) is 8.71. The maximum Gasteiger partial charge on any atom is 0.251 e. The van der Waals surface area contributed by atoms with Gasteiger partial charge in [0, 0.05) is 23.9 Å². The third-order valence-electron chi connectivity index (χ3n) is 2.19. The van der Waals surface area contributed by atoms with Crippen molar-refractivity contribution < 1.29 is 9.18 Å². The zero-order valence-corrected chi connectivity index (χ0v) is 9.46. The lowest BCUT2D eigenvalue weighted by Gasteiger charge is -2.04. The molecule has 0 unspecified atom stereocenters. The molecule has 0 atom stereocenters. The van der Waals surface area contributed by atoms with E-state index in [9.17, 15) is 9.18 Å². The summed E-state index contributed by atoms with van der Waals surface area (Å²) in [6.45, 7) is 0.352. The van der Waals surface area contributed by atoms with E-state index in [0.29, 0.717) is 12.1 Å². The molecule has 0 bridgehead atoms. The van der Waals surface area contributed by atoms with Crippen molar-refractivity contribution in [3.63, 3.8) is 0 Å². The maximum atomic E-state index is 12.9. The van der Waals surface area contributed by atoms with Crippen LogP contribution in [0.25, 0.3) is 0 Å². The summed E-state index contributed by atoms with van der Waals surface area (Å²) in [5, 5.41) is 8.99. The number of hydrogen-bond acceptors (Lipinski definition) is 2. The van der Waals surface area contributed by atoms with E-state index in [1.807, 2.05) is 0 Å².